The standard InChI is InChI=1S/2C22H28.C14H28.C12H24.2C11H20.C10H20/c1-3-17-15-21(19-11-7-5-8-12-19)22(16-18(17)4-2)20-13-9-6-10-14-20;1-3-19-20(4-2)22(18-13-9-6-10-14-18)16-15-21(19)17-11-7-5-8-12-17;1-7-13(5)9-11(3)12(4)10-14(13,6)8-2;1-5-11-7-9(3)10(4)8-12(11)6-2;2*1-3-10-8-5-6-9(7-8)11(10)4-2;1-3-9-7-5-6-8-10(9)4-2/h5-14,17-18,21-22H,3-4,15-16H2,1-2H3;5-14,19-22H,3-4,15-16H2,1-2H3;11-12H,7-10H2,1-6H3;9-12H,5-8H2,1-4H3;2*8-11H,3-7H2,1-2H3;9-10H,3-8H2,1-2H3/t;19-,20+,21?,22?;11?,12?,13-,14+;9?,10?,11-,12+;2*8?,9?,10-,11+;9-,10+. The highest BCUT2D eigenvalue weighted by atomic mass is 14.5. The minimum Gasteiger partial charge on any atom is -0.0651 e. The summed E-state index contributed by atoms with van der Waals surface area (Å²) in [5, 5.41) is 0. The first-order valence-corrected chi connectivity index (χ1v) is 45.6. The number of fused-ring (bicyclic) bond motifs is 4. The predicted octanol–water partition coefficient (Wildman–Crippen LogP) is 32.3. The molecule has 9 saturated carbocycles. The topological polar surface area (TPSA) is 0 Å². The second kappa shape index (κ2) is 43.8. The van der Waals surface area contributed by atoms with E-state index in [1.165, 1.54) is 178 Å². The van der Waals surface area contributed by atoms with Gasteiger partial charge in [-0.1, -0.05) is 375 Å². The van der Waals surface area contributed by atoms with Crippen molar-refractivity contribution in [3.8, 4) is 0 Å². The third-order valence-electron chi connectivity index (χ3n) is 32.7. The van der Waals surface area contributed by atoms with Crippen molar-refractivity contribution in [1.82, 2.24) is 0 Å². The van der Waals surface area contributed by atoms with Gasteiger partial charge >= 0.3 is 0 Å². The van der Waals surface area contributed by atoms with E-state index in [1.54, 1.807) is 49.7 Å². The molecule has 0 saturated heterocycles. The van der Waals surface area contributed by atoms with E-state index in [0.29, 0.717) is 22.7 Å². The quantitative estimate of drug-likeness (QED) is 0.0931. The molecule has 576 valence electrons. The fourth-order valence-electron chi connectivity index (χ4n) is 25.5. The van der Waals surface area contributed by atoms with Crippen LogP contribution in [0.4, 0.5) is 0 Å². The molecule has 4 bridgehead atoms. The molecule has 9 aliphatic carbocycles. The Balaban J connectivity index is 0.000000171. The Morgan fingerprint density at radius 1 is 0.245 bits per heavy atom. The molecule has 0 aromatic heterocycles. The second-order valence-corrected chi connectivity index (χ2v) is 37.1. The zero-order valence-electron chi connectivity index (χ0n) is 71.0. The van der Waals surface area contributed by atoms with Crippen molar-refractivity contribution in [2.24, 2.45) is 129 Å². The monoisotopic (exact) mass is 1390 g/mol. The van der Waals surface area contributed by atoms with Crippen molar-refractivity contribution in [3.05, 3.63) is 144 Å². The van der Waals surface area contributed by atoms with Crippen LogP contribution < -0.4 is 0 Å². The van der Waals surface area contributed by atoms with E-state index >= 15 is 0 Å². The lowest BCUT2D eigenvalue weighted by Gasteiger charge is -2.54. The molecule has 4 aromatic rings. The summed E-state index contributed by atoms with van der Waals surface area (Å²) in [5.41, 5.74) is 7.33. The van der Waals surface area contributed by atoms with Gasteiger partial charge in [-0.3, -0.25) is 0 Å². The molecule has 14 unspecified atom stereocenters. The fourth-order valence-corrected chi connectivity index (χ4v) is 25.5. The highest BCUT2D eigenvalue weighted by Crippen LogP contribution is 2.59. The molecule has 9 aliphatic rings. The largest absolute Gasteiger partial charge is 0.0651 e. The van der Waals surface area contributed by atoms with Crippen LogP contribution >= 0.6 is 0 Å². The third-order valence-corrected chi connectivity index (χ3v) is 32.7. The first-order valence-electron chi connectivity index (χ1n) is 45.6. The Hall–Kier alpha value is -3.12. The Morgan fingerprint density at radius 3 is 0.725 bits per heavy atom. The van der Waals surface area contributed by atoms with Gasteiger partial charge in [-0.25, -0.2) is 0 Å². The molecule has 0 amide bonds. The van der Waals surface area contributed by atoms with Gasteiger partial charge in [-0.05, 0) is 265 Å². The van der Waals surface area contributed by atoms with E-state index in [0.717, 1.165) is 130 Å². The summed E-state index contributed by atoms with van der Waals surface area (Å²) in [6, 6.07) is 44.8. The number of benzene rings is 4. The van der Waals surface area contributed by atoms with Gasteiger partial charge in [0.15, 0.2) is 0 Å². The first-order chi connectivity index (χ1) is 49.4. The van der Waals surface area contributed by atoms with Crippen molar-refractivity contribution in [2.75, 3.05) is 0 Å². The van der Waals surface area contributed by atoms with E-state index in [1.807, 2.05) is 0 Å². The fraction of sp³-hybridized carbons (Fsp3) is 0.765. The summed E-state index contributed by atoms with van der Waals surface area (Å²) in [4.78, 5) is 0. The van der Waals surface area contributed by atoms with Crippen LogP contribution in [0.5, 0.6) is 0 Å². The van der Waals surface area contributed by atoms with Crippen LogP contribution in [0.25, 0.3) is 0 Å². The minimum atomic E-state index is 0.577. The average molecular weight is 1390 g/mol. The van der Waals surface area contributed by atoms with Gasteiger partial charge in [0.25, 0.3) is 0 Å². The molecular weight excluding hydrogens is 1230 g/mol. The smallest absolute Gasteiger partial charge is 0.00903 e. The van der Waals surface area contributed by atoms with Crippen LogP contribution in [0.15, 0.2) is 121 Å². The van der Waals surface area contributed by atoms with Gasteiger partial charge in [0.1, 0.15) is 0 Å². The predicted molar refractivity (Wildman–Crippen MR) is 453 cm³/mol. The molecule has 9 fully saturated rings. The number of hydrogen-bond acceptors (Lipinski definition) is 0. The summed E-state index contributed by atoms with van der Waals surface area (Å²) >= 11 is 0. The molecule has 0 spiro atoms. The Bertz CT molecular complexity index is 2560. The summed E-state index contributed by atoms with van der Waals surface area (Å²) in [6.07, 6.45) is 45.9. The molecule has 0 aliphatic heterocycles. The normalized spacial score (nSPS) is 37.9. The van der Waals surface area contributed by atoms with Crippen LogP contribution in [0.2, 0.25) is 0 Å². The third kappa shape index (κ3) is 22.3. The molecule has 26 atom stereocenters. The van der Waals surface area contributed by atoms with Crippen LogP contribution in [-0.2, 0) is 0 Å². The van der Waals surface area contributed by atoms with Crippen LogP contribution in [0, 0.1) is 129 Å². The molecule has 102 heavy (non-hydrogen) atoms. The molecule has 4 aromatic carbocycles. The second-order valence-electron chi connectivity index (χ2n) is 37.1. The highest BCUT2D eigenvalue weighted by molar-refractivity contribution is 5.31. The zero-order chi connectivity index (χ0) is 73.9. The van der Waals surface area contributed by atoms with Crippen molar-refractivity contribution >= 4 is 0 Å². The lowest BCUT2D eigenvalue weighted by Crippen LogP contribution is -2.45. The maximum Gasteiger partial charge on any atom is -0.00903 e. The maximum atomic E-state index is 2.51. The molecule has 0 radical (unpaired) electrons. The molecule has 0 heteroatoms. The Labute approximate surface area is 636 Å². The minimum absolute atomic E-state index is 0.577. The Morgan fingerprint density at radius 2 is 0.490 bits per heavy atom. The van der Waals surface area contributed by atoms with Crippen molar-refractivity contribution < 1.29 is 0 Å². The van der Waals surface area contributed by atoms with Gasteiger partial charge in [-0.15, -0.1) is 0 Å². The first kappa shape index (κ1) is 86.1. The summed E-state index contributed by atoms with van der Waals surface area (Å²) < 4.78 is 0. The van der Waals surface area contributed by atoms with E-state index in [2.05, 4.69) is 260 Å². The van der Waals surface area contributed by atoms with E-state index in [9.17, 15) is 0 Å². The van der Waals surface area contributed by atoms with Crippen molar-refractivity contribution in [1.29, 1.82) is 0 Å². The zero-order valence-corrected chi connectivity index (χ0v) is 71.0. The average Bonchev–Trinajstić information content (AvgIpc) is 1.21. The maximum absolute atomic E-state index is 2.51. The van der Waals surface area contributed by atoms with Gasteiger partial charge in [0.2, 0.25) is 0 Å². The lowest BCUT2D eigenvalue weighted by atomic mass is 9.51. The van der Waals surface area contributed by atoms with Crippen molar-refractivity contribution in [3.63, 3.8) is 0 Å². The van der Waals surface area contributed by atoms with Crippen LogP contribution in [-0.4, -0.2) is 0 Å². The van der Waals surface area contributed by atoms with Crippen LogP contribution in [0.3, 0.4) is 0 Å². The van der Waals surface area contributed by atoms with Gasteiger partial charge < -0.3 is 0 Å². The summed E-state index contributed by atoms with van der Waals surface area (Å²) in [5.74, 6) is 23.2. The number of hydrogen-bond donors (Lipinski definition) is 0. The van der Waals surface area contributed by atoms with Crippen molar-refractivity contribution in [2.45, 2.75) is 368 Å². The van der Waals surface area contributed by atoms with Gasteiger partial charge in [-0.2, -0.15) is 0 Å². The summed E-state index contributed by atoms with van der Waals surface area (Å²) in [6.45, 7) is 48.0. The van der Waals surface area contributed by atoms with Crippen LogP contribution in [0.1, 0.15) is 390 Å². The van der Waals surface area contributed by atoms with E-state index in [-0.39, 0.29) is 0 Å². The molecule has 0 N–H and O–H groups in total. The summed E-state index contributed by atoms with van der Waals surface area (Å²) in [7, 11) is 0. The van der Waals surface area contributed by atoms with E-state index in [4.69, 9.17) is 0 Å². The van der Waals surface area contributed by atoms with E-state index < -0.39 is 0 Å². The highest BCUT2D eigenvalue weighted by Gasteiger charge is 2.49. The van der Waals surface area contributed by atoms with Gasteiger partial charge in [0, 0.05) is 0 Å². The number of rotatable bonds is 18. The molecular formula is C102H168. The lowest BCUT2D eigenvalue weighted by molar-refractivity contribution is -0.0403. The molecule has 13 rings (SSSR count). The molecule has 0 heterocycles. The molecule has 0 nitrogen and oxygen atoms in total. The SMILES string of the molecule is CCC1CC(c2ccccc2)C(c2ccccc2)CC1CC.CC[C@@H]1C(c2ccccc2)CCC(c2ccccc2)[C@@H]1CC.CC[C@@H]1C2CCC(C2)[C@@H]1CC.CC[C@@H]1C2CCC(C2)[C@@H]1CC.CC[C@@H]1CC(C)C(C)C[C@@H]1CC.CC[C@@H]1CCCC[C@@H]1CC.CC[C@@]1(C)CC(C)C(C)C[C@@]1(C)CC. The van der Waals surface area contributed by atoms with Gasteiger partial charge in [0.05, 0.1) is 0 Å². The Kier molecular flexibility index (Phi) is 37.0.